The van der Waals surface area contributed by atoms with E-state index in [1.807, 2.05) is 18.2 Å². The third-order valence-corrected chi connectivity index (χ3v) is 3.59. The minimum atomic E-state index is -0.324. The summed E-state index contributed by atoms with van der Waals surface area (Å²) in [5.41, 5.74) is 1.14. The molecule has 5 heteroatoms. The van der Waals surface area contributed by atoms with Crippen LogP contribution < -0.4 is 14.8 Å². The second-order valence-electron chi connectivity index (χ2n) is 5.39. The van der Waals surface area contributed by atoms with Crippen molar-refractivity contribution in [1.29, 1.82) is 0 Å². The molecule has 0 atom stereocenters. The minimum Gasteiger partial charge on any atom is -0.507 e. The molecule has 5 nitrogen and oxygen atoms in total. The Morgan fingerprint density at radius 3 is 2.67 bits per heavy atom. The number of para-hydroxylation sites is 1. The maximum atomic E-state index is 12.1. The minimum absolute atomic E-state index is 0.0350. The van der Waals surface area contributed by atoms with Crippen molar-refractivity contribution < 1.29 is 19.4 Å². The summed E-state index contributed by atoms with van der Waals surface area (Å²) >= 11 is 0. The number of amides is 1. The van der Waals surface area contributed by atoms with Crippen LogP contribution in [0.1, 0.15) is 35.7 Å². The standard InChI is InChI=1S/C19H23NO4/c1-3-4-11-24-17-10-9-14(12-18(17)23-2)13-20-19(22)15-7-5-6-8-16(15)21/h5-10,12,21H,3-4,11,13H2,1-2H3,(H,20,22). The average Bonchev–Trinajstić information content (AvgIpc) is 2.61. The largest absolute Gasteiger partial charge is 0.507 e. The topological polar surface area (TPSA) is 67.8 Å². The fourth-order valence-corrected chi connectivity index (χ4v) is 2.21. The first-order chi connectivity index (χ1) is 11.7. The lowest BCUT2D eigenvalue weighted by molar-refractivity contribution is 0.0948. The molecule has 2 N–H and O–H groups in total. The van der Waals surface area contributed by atoms with Gasteiger partial charge in [-0.3, -0.25) is 4.79 Å². The number of benzene rings is 2. The van der Waals surface area contributed by atoms with E-state index >= 15 is 0 Å². The van der Waals surface area contributed by atoms with E-state index in [4.69, 9.17) is 9.47 Å². The van der Waals surface area contributed by atoms with Gasteiger partial charge in [-0.1, -0.05) is 31.5 Å². The third kappa shape index (κ3) is 4.65. The number of carbonyl (C=O) groups excluding carboxylic acids is 1. The molecule has 2 aromatic carbocycles. The van der Waals surface area contributed by atoms with Crippen molar-refractivity contribution in [2.24, 2.45) is 0 Å². The molecule has 0 saturated heterocycles. The van der Waals surface area contributed by atoms with Crippen molar-refractivity contribution in [3.8, 4) is 17.2 Å². The average molecular weight is 329 g/mol. The summed E-state index contributed by atoms with van der Waals surface area (Å²) in [6, 6.07) is 12.0. The Kier molecular flexibility index (Phi) is 6.49. The molecule has 0 spiro atoms. The molecule has 0 aliphatic rings. The summed E-state index contributed by atoms with van der Waals surface area (Å²) in [7, 11) is 1.59. The number of methoxy groups -OCH3 is 1. The number of ether oxygens (including phenoxy) is 2. The van der Waals surface area contributed by atoms with Crippen LogP contribution in [-0.2, 0) is 6.54 Å². The van der Waals surface area contributed by atoms with E-state index in [0.717, 1.165) is 18.4 Å². The molecule has 0 radical (unpaired) electrons. The van der Waals surface area contributed by atoms with Crippen LogP contribution in [0.25, 0.3) is 0 Å². The number of hydrogen-bond donors (Lipinski definition) is 2. The third-order valence-electron chi connectivity index (χ3n) is 3.59. The number of aromatic hydroxyl groups is 1. The highest BCUT2D eigenvalue weighted by molar-refractivity contribution is 5.96. The van der Waals surface area contributed by atoms with Crippen LogP contribution in [0.4, 0.5) is 0 Å². The summed E-state index contributed by atoms with van der Waals surface area (Å²) in [5.74, 6) is 0.977. The molecule has 128 valence electrons. The first-order valence-electron chi connectivity index (χ1n) is 8.01. The number of phenols is 1. The monoisotopic (exact) mass is 329 g/mol. The van der Waals surface area contributed by atoms with Crippen molar-refractivity contribution in [2.75, 3.05) is 13.7 Å². The van der Waals surface area contributed by atoms with E-state index in [1.165, 1.54) is 6.07 Å². The normalized spacial score (nSPS) is 10.2. The van der Waals surface area contributed by atoms with E-state index in [2.05, 4.69) is 12.2 Å². The Labute approximate surface area is 142 Å². The molecule has 24 heavy (non-hydrogen) atoms. The number of rotatable bonds is 8. The van der Waals surface area contributed by atoms with Gasteiger partial charge in [0.05, 0.1) is 19.3 Å². The Morgan fingerprint density at radius 2 is 1.96 bits per heavy atom. The van der Waals surface area contributed by atoms with E-state index < -0.39 is 0 Å². The second kappa shape index (κ2) is 8.82. The van der Waals surface area contributed by atoms with Crippen LogP contribution in [0.5, 0.6) is 17.2 Å². The van der Waals surface area contributed by atoms with Gasteiger partial charge in [0.15, 0.2) is 11.5 Å². The Balaban J connectivity index is 2.00. The highest BCUT2D eigenvalue weighted by atomic mass is 16.5. The van der Waals surface area contributed by atoms with Crippen molar-refractivity contribution in [3.63, 3.8) is 0 Å². The summed E-state index contributed by atoms with van der Waals surface area (Å²) in [6.45, 7) is 3.09. The van der Waals surface area contributed by atoms with Gasteiger partial charge >= 0.3 is 0 Å². The van der Waals surface area contributed by atoms with Crippen LogP contribution in [0, 0.1) is 0 Å². The van der Waals surface area contributed by atoms with Gasteiger partial charge in [0.2, 0.25) is 0 Å². The molecule has 1 amide bonds. The lowest BCUT2D eigenvalue weighted by atomic mass is 10.1. The van der Waals surface area contributed by atoms with E-state index in [9.17, 15) is 9.90 Å². The maximum absolute atomic E-state index is 12.1. The maximum Gasteiger partial charge on any atom is 0.255 e. The molecule has 2 aromatic rings. The molecule has 2 rings (SSSR count). The molecule has 0 bridgehead atoms. The molecule has 0 aromatic heterocycles. The Bertz CT molecular complexity index is 685. The number of phenolic OH excluding ortho intramolecular Hbond substituents is 1. The number of nitrogens with one attached hydrogen (secondary N) is 1. The summed E-state index contributed by atoms with van der Waals surface area (Å²) in [6.07, 6.45) is 2.06. The number of hydrogen-bond acceptors (Lipinski definition) is 4. The van der Waals surface area contributed by atoms with Gasteiger partial charge in [-0.25, -0.2) is 0 Å². The van der Waals surface area contributed by atoms with Crippen LogP contribution in [0.3, 0.4) is 0 Å². The molecular weight excluding hydrogens is 306 g/mol. The van der Waals surface area contributed by atoms with Gasteiger partial charge < -0.3 is 19.9 Å². The van der Waals surface area contributed by atoms with Crippen LogP contribution in [-0.4, -0.2) is 24.7 Å². The van der Waals surface area contributed by atoms with E-state index in [0.29, 0.717) is 24.7 Å². The molecule has 0 saturated carbocycles. The summed E-state index contributed by atoms with van der Waals surface area (Å²) < 4.78 is 11.0. The predicted molar refractivity (Wildman–Crippen MR) is 92.7 cm³/mol. The molecule has 0 aliphatic heterocycles. The molecule has 0 unspecified atom stereocenters. The van der Waals surface area contributed by atoms with E-state index in [1.54, 1.807) is 25.3 Å². The molecule has 0 fully saturated rings. The molecule has 0 aliphatic carbocycles. The summed E-state index contributed by atoms with van der Waals surface area (Å²) in [4.78, 5) is 12.1. The fourth-order valence-electron chi connectivity index (χ4n) is 2.21. The first kappa shape index (κ1) is 17.7. The molecular formula is C19H23NO4. The lowest BCUT2D eigenvalue weighted by Crippen LogP contribution is -2.22. The van der Waals surface area contributed by atoms with Gasteiger partial charge in [-0.05, 0) is 36.2 Å². The van der Waals surface area contributed by atoms with Gasteiger partial charge in [0.1, 0.15) is 5.75 Å². The molecule has 0 heterocycles. The van der Waals surface area contributed by atoms with Crippen LogP contribution in [0.2, 0.25) is 0 Å². The fraction of sp³-hybridized carbons (Fsp3) is 0.316. The highest BCUT2D eigenvalue weighted by Gasteiger charge is 2.11. The van der Waals surface area contributed by atoms with Crippen molar-refractivity contribution in [3.05, 3.63) is 53.6 Å². The SMILES string of the molecule is CCCCOc1ccc(CNC(=O)c2ccccc2O)cc1OC. The number of unbranched alkanes of at least 4 members (excludes halogenated alkanes) is 1. The Hall–Kier alpha value is -2.69. The number of carbonyl (C=O) groups is 1. The van der Waals surface area contributed by atoms with Gasteiger partial charge in [-0.2, -0.15) is 0 Å². The zero-order valence-electron chi connectivity index (χ0n) is 14.0. The highest BCUT2D eigenvalue weighted by Crippen LogP contribution is 2.28. The van der Waals surface area contributed by atoms with Crippen molar-refractivity contribution >= 4 is 5.91 Å². The van der Waals surface area contributed by atoms with Gasteiger partial charge in [0, 0.05) is 6.54 Å². The lowest BCUT2D eigenvalue weighted by Gasteiger charge is -2.12. The van der Waals surface area contributed by atoms with E-state index in [-0.39, 0.29) is 17.2 Å². The van der Waals surface area contributed by atoms with Crippen molar-refractivity contribution in [2.45, 2.75) is 26.3 Å². The zero-order chi connectivity index (χ0) is 17.4. The first-order valence-corrected chi connectivity index (χ1v) is 8.01. The predicted octanol–water partition coefficient (Wildman–Crippen LogP) is 3.51. The van der Waals surface area contributed by atoms with Crippen molar-refractivity contribution in [1.82, 2.24) is 5.32 Å². The zero-order valence-corrected chi connectivity index (χ0v) is 14.0. The van der Waals surface area contributed by atoms with Crippen LogP contribution in [0.15, 0.2) is 42.5 Å². The van der Waals surface area contributed by atoms with Crippen LogP contribution >= 0.6 is 0 Å². The second-order valence-corrected chi connectivity index (χ2v) is 5.39. The van der Waals surface area contributed by atoms with Gasteiger partial charge in [0.25, 0.3) is 5.91 Å². The quantitative estimate of drug-likeness (QED) is 0.727. The smallest absolute Gasteiger partial charge is 0.255 e. The summed E-state index contributed by atoms with van der Waals surface area (Å²) in [5, 5.41) is 12.5. The Morgan fingerprint density at radius 1 is 1.17 bits per heavy atom. The van der Waals surface area contributed by atoms with Gasteiger partial charge in [-0.15, -0.1) is 0 Å².